The molecule has 0 spiro atoms. The molecule has 1 aromatic rings. The van der Waals surface area contributed by atoms with Crippen molar-refractivity contribution in [2.45, 2.75) is 70.8 Å². The Morgan fingerprint density at radius 3 is 2.39 bits per heavy atom. The Morgan fingerprint density at radius 1 is 1.13 bits per heavy atom. The summed E-state index contributed by atoms with van der Waals surface area (Å²) >= 11 is 1.71. The molecule has 0 aromatic carbocycles. The van der Waals surface area contributed by atoms with Crippen LogP contribution in [0.5, 0.6) is 0 Å². The second-order valence-electron chi connectivity index (χ2n) is 7.34. The Bertz CT molecular complexity index is 540. The number of likely N-dealkylation sites (tertiary alicyclic amines) is 1. The van der Waals surface area contributed by atoms with Crippen molar-refractivity contribution in [3.8, 4) is 0 Å². The zero-order valence-electron chi connectivity index (χ0n) is 14.6. The van der Waals surface area contributed by atoms with Gasteiger partial charge in [0.1, 0.15) is 0 Å². The van der Waals surface area contributed by atoms with Crippen LogP contribution in [-0.2, 0) is 0 Å². The zero-order chi connectivity index (χ0) is 16.3. The summed E-state index contributed by atoms with van der Waals surface area (Å²) in [5.41, 5.74) is 1.09. The Balaban J connectivity index is 1.68. The van der Waals surface area contributed by atoms with E-state index in [4.69, 9.17) is 0 Å². The van der Waals surface area contributed by atoms with Gasteiger partial charge in [-0.1, -0.05) is 25.7 Å². The molecule has 2 heterocycles. The Kier molecular flexibility index (Phi) is 5.42. The molecule has 2 aliphatic rings. The fourth-order valence-electron chi connectivity index (χ4n) is 4.38. The molecule has 0 bridgehead atoms. The number of nitrogens with one attached hydrogen (secondary N) is 1. The number of carbonyl (C=O) groups excluding carboxylic acids is 1. The van der Waals surface area contributed by atoms with Gasteiger partial charge in [-0.2, -0.15) is 0 Å². The lowest BCUT2D eigenvalue weighted by molar-refractivity contribution is 0.0326. The van der Waals surface area contributed by atoms with Crippen molar-refractivity contribution in [1.82, 2.24) is 10.2 Å². The molecular formula is C19H30N2OS. The molecule has 128 valence electrons. The van der Waals surface area contributed by atoms with Crippen LogP contribution in [0.3, 0.4) is 0 Å². The topological polar surface area (TPSA) is 32.3 Å². The number of hydrogen-bond donors (Lipinski definition) is 1. The minimum Gasteiger partial charge on any atom is -0.350 e. The summed E-state index contributed by atoms with van der Waals surface area (Å²) in [5.74, 6) is 0.119. The van der Waals surface area contributed by atoms with E-state index in [1.54, 1.807) is 11.3 Å². The lowest BCUT2D eigenvalue weighted by Crippen LogP contribution is -2.58. The van der Waals surface area contributed by atoms with Gasteiger partial charge in [-0.25, -0.2) is 0 Å². The third-order valence-corrected chi connectivity index (χ3v) is 6.64. The largest absolute Gasteiger partial charge is 0.350 e. The highest BCUT2D eigenvalue weighted by atomic mass is 32.1. The van der Waals surface area contributed by atoms with E-state index in [1.165, 1.54) is 69.3 Å². The van der Waals surface area contributed by atoms with E-state index >= 15 is 0 Å². The monoisotopic (exact) mass is 334 g/mol. The fourth-order valence-corrected chi connectivity index (χ4v) is 5.30. The summed E-state index contributed by atoms with van der Waals surface area (Å²) in [7, 11) is 0. The van der Waals surface area contributed by atoms with Crippen LogP contribution in [0.4, 0.5) is 0 Å². The molecule has 2 fully saturated rings. The van der Waals surface area contributed by atoms with Gasteiger partial charge in [0.2, 0.25) is 0 Å². The highest BCUT2D eigenvalue weighted by Crippen LogP contribution is 2.35. The maximum Gasteiger partial charge on any atom is 0.252 e. The highest BCUT2D eigenvalue weighted by Gasteiger charge is 2.38. The first-order valence-electron chi connectivity index (χ1n) is 9.21. The molecular weight excluding hydrogens is 304 g/mol. The van der Waals surface area contributed by atoms with Crippen molar-refractivity contribution >= 4 is 17.2 Å². The van der Waals surface area contributed by atoms with Gasteiger partial charge in [0.05, 0.1) is 5.56 Å². The van der Waals surface area contributed by atoms with E-state index in [-0.39, 0.29) is 11.4 Å². The van der Waals surface area contributed by atoms with Gasteiger partial charge in [0, 0.05) is 21.8 Å². The number of carbonyl (C=O) groups is 1. The van der Waals surface area contributed by atoms with Crippen LogP contribution in [0.2, 0.25) is 0 Å². The molecule has 1 amide bonds. The molecule has 1 saturated heterocycles. The number of hydrogen-bond acceptors (Lipinski definition) is 3. The number of piperidine rings is 1. The van der Waals surface area contributed by atoms with E-state index in [9.17, 15) is 4.79 Å². The van der Waals surface area contributed by atoms with Gasteiger partial charge < -0.3 is 5.32 Å². The first-order chi connectivity index (χ1) is 11.1. The fraction of sp³-hybridized carbons (Fsp3) is 0.737. The van der Waals surface area contributed by atoms with Crippen LogP contribution < -0.4 is 5.32 Å². The minimum absolute atomic E-state index is 0.119. The summed E-state index contributed by atoms with van der Waals surface area (Å²) < 4.78 is 0. The van der Waals surface area contributed by atoms with Crippen molar-refractivity contribution < 1.29 is 4.79 Å². The second-order valence-corrected chi connectivity index (χ2v) is 8.80. The van der Waals surface area contributed by atoms with Crippen LogP contribution >= 0.6 is 11.3 Å². The molecule has 0 unspecified atom stereocenters. The maximum absolute atomic E-state index is 12.6. The molecule has 4 heteroatoms. The van der Waals surface area contributed by atoms with Gasteiger partial charge in [0.25, 0.3) is 5.91 Å². The van der Waals surface area contributed by atoms with Crippen LogP contribution in [0.15, 0.2) is 6.07 Å². The summed E-state index contributed by atoms with van der Waals surface area (Å²) in [4.78, 5) is 17.7. The zero-order valence-corrected chi connectivity index (χ0v) is 15.4. The number of aryl methyl sites for hydroxylation is 2. The Labute approximate surface area is 144 Å². The molecule has 1 aliphatic heterocycles. The molecule has 3 rings (SSSR count). The molecule has 0 radical (unpaired) electrons. The molecule has 23 heavy (non-hydrogen) atoms. The quantitative estimate of drug-likeness (QED) is 0.891. The summed E-state index contributed by atoms with van der Waals surface area (Å²) in [6.45, 7) is 7.37. The number of nitrogens with zero attached hydrogens (tertiary/aromatic N) is 1. The summed E-state index contributed by atoms with van der Waals surface area (Å²) in [6, 6.07) is 2.03. The number of rotatable bonds is 4. The Hall–Kier alpha value is -0.870. The van der Waals surface area contributed by atoms with E-state index < -0.39 is 0 Å². The van der Waals surface area contributed by atoms with Gasteiger partial charge in [0.15, 0.2) is 0 Å². The van der Waals surface area contributed by atoms with E-state index in [0.29, 0.717) is 0 Å². The standard InChI is InChI=1S/C19H30N2OS/c1-15-13-17(16(2)23-15)18(22)20-14-19(9-5-3-6-10-19)21-11-7-4-8-12-21/h13H,3-12,14H2,1-2H3,(H,20,22). The lowest BCUT2D eigenvalue weighted by Gasteiger charge is -2.48. The minimum atomic E-state index is 0.119. The van der Waals surface area contributed by atoms with Crippen molar-refractivity contribution in [1.29, 1.82) is 0 Å². The SMILES string of the molecule is Cc1cc(C(=O)NCC2(N3CCCCC3)CCCCC2)c(C)s1. The van der Waals surface area contributed by atoms with Crippen molar-refractivity contribution in [3.63, 3.8) is 0 Å². The van der Waals surface area contributed by atoms with E-state index in [2.05, 4.69) is 17.1 Å². The van der Waals surface area contributed by atoms with Gasteiger partial charge >= 0.3 is 0 Å². The molecule has 1 aromatic heterocycles. The van der Waals surface area contributed by atoms with Crippen LogP contribution in [0, 0.1) is 13.8 Å². The van der Waals surface area contributed by atoms with Crippen LogP contribution in [0.25, 0.3) is 0 Å². The molecule has 0 atom stereocenters. The second kappa shape index (κ2) is 7.35. The van der Waals surface area contributed by atoms with Crippen molar-refractivity contribution in [2.75, 3.05) is 19.6 Å². The number of thiophene rings is 1. The normalized spacial score (nSPS) is 22.0. The average Bonchev–Trinajstić information content (AvgIpc) is 2.93. The average molecular weight is 335 g/mol. The van der Waals surface area contributed by atoms with Gasteiger partial charge in [-0.3, -0.25) is 9.69 Å². The first kappa shape index (κ1) is 17.0. The summed E-state index contributed by atoms with van der Waals surface area (Å²) in [5, 5.41) is 3.29. The third kappa shape index (κ3) is 3.80. The molecule has 1 saturated carbocycles. The molecule has 1 N–H and O–H groups in total. The van der Waals surface area contributed by atoms with Gasteiger partial charge in [-0.15, -0.1) is 11.3 Å². The van der Waals surface area contributed by atoms with Crippen molar-refractivity contribution in [3.05, 3.63) is 21.4 Å². The Morgan fingerprint density at radius 2 is 1.78 bits per heavy atom. The van der Waals surface area contributed by atoms with Crippen molar-refractivity contribution in [2.24, 2.45) is 0 Å². The van der Waals surface area contributed by atoms with Crippen LogP contribution in [-0.4, -0.2) is 36.0 Å². The summed E-state index contributed by atoms with van der Waals surface area (Å²) in [6.07, 6.45) is 10.5. The molecule has 1 aliphatic carbocycles. The lowest BCUT2D eigenvalue weighted by atomic mass is 9.79. The highest BCUT2D eigenvalue weighted by molar-refractivity contribution is 7.12. The van der Waals surface area contributed by atoms with Gasteiger partial charge in [-0.05, 0) is 58.7 Å². The van der Waals surface area contributed by atoms with E-state index in [1.807, 2.05) is 13.0 Å². The maximum atomic E-state index is 12.6. The number of amides is 1. The molecule has 3 nitrogen and oxygen atoms in total. The third-order valence-electron chi connectivity index (χ3n) is 5.67. The predicted octanol–water partition coefficient (Wildman–Crippen LogP) is 4.28. The van der Waals surface area contributed by atoms with Crippen LogP contribution in [0.1, 0.15) is 71.5 Å². The smallest absolute Gasteiger partial charge is 0.252 e. The van der Waals surface area contributed by atoms with E-state index in [0.717, 1.165) is 17.0 Å². The predicted molar refractivity (Wildman–Crippen MR) is 97.4 cm³/mol. The first-order valence-corrected chi connectivity index (χ1v) is 10.0.